The highest BCUT2D eigenvalue weighted by atomic mass is 19.1. The first kappa shape index (κ1) is 17.5. The molecule has 0 bridgehead atoms. The molecule has 25 heavy (non-hydrogen) atoms. The highest BCUT2D eigenvalue weighted by Crippen LogP contribution is 2.36. The molecule has 1 heterocycles. The van der Waals surface area contributed by atoms with Crippen molar-refractivity contribution in [1.29, 1.82) is 0 Å². The smallest absolute Gasteiger partial charge is 0.251 e. The predicted molar refractivity (Wildman–Crippen MR) is 95.3 cm³/mol. The molecule has 0 saturated heterocycles. The van der Waals surface area contributed by atoms with Crippen LogP contribution in [-0.2, 0) is 0 Å². The Kier molecular flexibility index (Phi) is 5.76. The lowest BCUT2D eigenvalue weighted by molar-refractivity contribution is 0.0905. The molecule has 1 aromatic carbocycles. The van der Waals surface area contributed by atoms with E-state index in [9.17, 15) is 9.18 Å². The van der Waals surface area contributed by atoms with E-state index in [4.69, 9.17) is 5.73 Å². The first-order valence-corrected chi connectivity index (χ1v) is 8.85. The Morgan fingerprint density at radius 3 is 2.64 bits per heavy atom. The van der Waals surface area contributed by atoms with Gasteiger partial charge in [-0.25, -0.2) is 4.39 Å². The van der Waals surface area contributed by atoms with E-state index in [-0.39, 0.29) is 11.9 Å². The third-order valence-electron chi connectivity index (χ3n) is 5.08. The zero-order chi connectivity index (χ0) is 17.6. The van der Waals surface area contributed by atoms with E-state index in [0.29, 0.717) is 17.4 Å². The largest absolute Gasteiger partial charge is 0.343 e. The number of nitrogens with one attached hydrogen (secondary N) is 1. The number of pyridine rings is 1. The van der Waals surface area contributed by atoms with E-state index in [1.807, 2.05) is 18.2 Å². The zero-order valence-corrected chi connectivity index (χ0v) is 14.2. The van der Waals surface area contributed by atoms with Crippen LogP contribution in [0.3, 0.4) is 0 Å². The average Bonchev–Trinajstić information content (AvgIpc) is 2.67. The quantitative estimate of drug-likeness (QED) is 0.875. The second-order valence-electron chi connectivity index (χ2n) is 6.73. The molecular formula is C20H24FN3O. The van der Waals surface area contributed by atoms with Gasteiger partial charge in [-0.15, -0.1) is 0 Å². The molecule has 2 aromatic rings. The van der Waals surface area contributed by atoms with Crippen LogP contribution in [0.1, 0.15) is 47.8 Å². The summed E-state index contributed by atoms with van der Waals surface area (Å²) in [5.41, 5.74) is 6.97. The first-order valence-electron chi connectivity index (χ1n) is 8.85. The van der Waals surface area contributed by atoms with Gasteiger partial charge in [0, 0.05) is 11.8 Å². The van der Waals surface area contributed by atoms with Gasteiger partial charge in [0.25, 0.3) is 5.91 Å². The van der Waals surface area contributed by atoms with Crippen molar-refractivity contribution in [2.24, 2.45) is 17.6 Å². The number of hydrogen-bond acceptors (Lipinski definition) is 3. The summed E-state index contributed by atoms with van der Waals surface area (Å²) in [5, 5.41) is 3.08. The minimum absolute atomic E-state index is 0.171. The number of hydrogen-bond donors (Lipinski definition) is 2. The number of carbonyl (C=O) groups excluding carboxylic acids is 1. The second kappa shape index (κ2) is 8.21. The van der Waals surface area contributed by atoms with E-state index in [2.05, 4.69) is 10.3 Å². The Bertz CT molecular complexity index is 699. The number of aromatic nitrogens is 1. The van der Waals surface area contributed by atoms with Crippen molar-refractivity contribution in [3.05, 3.63) is 65.7 Å². The lowest BCUT2D eigenvalue weighted by Gasteiger charge is -2.33. The third kappa shape index (κ3) is 4.42. The van der Waals surface area contributed by atoms with Gasteiger partial charge in [-0.1, -0.05) is 12.1 Å². The maximum Gasteiger partial charge on any atom is 0.251 e. The summed E-state index contributed by atoms with van der Waals surface area (Å²) in [7, 11) is 0. The average molecular weight is 341 g/mol. The van der Waals surface area contributed by atoms with Crippen LogP contribution >= 0.6 is 0 Å². The van der Waals surface area contributed by atoms with E-state index < -0.39 is 5.82 Å². The molecular weight excluding hydrogens is 317 g/mol. The second-order valence-corrected chi connectivity index (χ2v) is 6.73. The fourth-order valence-electron chi connectivity index (χ4n) is 3.60. The molecule has 3 rings (SSSR count). The topological polar surface area (TPSA) is 68.0 Å². The van der Waals surface area contributed by atoms with Gasteiger partial charge in [0.1, 0.15) is 5.82 Å². The fourth-order valence-corrected chi connectivity index (χ4v) is 3.60. The van der Waals surface area contributed by atoms with Crippen LogP contribution in [0.25, 0.3) is 0 Å². The van der Waals surface area contributed by atoms with E-state index in [0.717, 1.165) is 37.9 Å². The molecule has 1 saturated carbocycles. The molecule has 0 unspecified atom stereocenters. The van der Waals surface area contributed by atoms with Gasteiger partial charge in [-0.05, 0) is 74.4 Å². The van der Waals surface area contributed by atoms with Crippen molar-refractivity contribution in [3.8, 4) is 0 Å². The summed E-state index contributed by atoms with van der Waals surface area (Å²) in [6.45, 7) is 0.719. The summed E-state index contributed by atoms with van der Waals surface area (Å²) in [6, 6.07) is 11.3. The minimum Gasteiger partial charge on any atom is -0.343 e. The summed E-state index contributed by atoms with van der Waals surface area (Å²) in [4.78, 5) is 17.1. The molecule has 1 amide bonds. The molecule has 1 aliphatic carbocycles. The molecule has 3 N–H and O–H groups in total. The van der Waals surface area contributed by atoms with Gasteiger partial charge in [0.15, 0.2) is 0 Å². The third-order valence-corrected chi connectivity index (χ3v) is 5.08. The van der Waals surface area contributed by atoms with Crippen molar-refractivity contribution < 1.29 is 9.18 Å². The SMILES string of the molecule is NCC1CCC([C@@H](NC(=O)c2cccc(F)c2)c2ccccn2)CC1. The van der Waals surface area contributed by atoms with Gasteiger partial charge in [-0.3, -0.25) is 9.78 Å². The van der Waals surface area contributed by atoms with Crippen LogP contribution in [0.2, 0.25) is 0 Å². The van der Waals surface area contributed by atoms with Crippen molar-refractivity contribution >= 4 is 5.91 Å². The maximum atomic E-state index is 13.4. The molecule has 1 atom stereocenters. The molecule has 0 radical (unpaired) electrons. The first-order chi connectivity index (χ1) is 12.2. The molecule has 1 aliphatic rings. The number of nitrogens with zero attached hydrogens (tertiary/aromatic N) is 1. The Labute approximate surface area is 147 Å². The van der Waals surface area contributed by atoms with E-state index in [1.165, 1.54) is 12.1 Å². The molecule has 0 spiro atoms. The van der Waals surface area contributed by atoms with Crippen LogP contribution in [0.5, 0.6) is 0 Å². The van der Waals surface area contributed by atoms with Crippen LogP contribution in [0, 0.1) is 17.7 Å². The van der Waals surface area contributed by atoms with Crippen molar-refractivity contribution in [2.75, 3.05) is 6.54 Å². The lowest BCUT2D eigenvalue weighted by Crippen LogP contribution is -2.36. The molecule has 0 aliphatic heterocycles. The van der Waals surface area contributed by atoms with E-state index >= 15 is 0 Å². The van der Waals surface area contributed by atoms with Crippen molar-refractivity contribution in [2.45, 2.75) is 31.7 Å². The maximum absolute atomic E-state index is 13.4. The van der Waals surface area contributed by atoms with Crippen LogP contribution in [0.4, 0.5) is 4.39 Å². The molecule has 1 fully saturated rings. The lowest BCUT2D eigenvalue weighted by atomic mass is 9.77. The van der Waals surface area contributed by atoms with Crippen molar-refractivity contribution in [3.63, 3.8) is 0 Å². The number of rotatable bonds is 5. The number of halogens is 1. The number of benzene rings is 1. The van der Waals surface area contributed by atoms with Gasteiger partial charge < -0.3 is 11.1 Å². The highest BCUT2D eigenvalue weighted by molar-refractivity contribution is 5.94. The van der Waals surface area contributed by atoms with Crippen LogP contribution < -0.4 is 11.1 Å². The van der Waals surface area contributed by atoms with Gasteiger partial charge >= 0.3 is 0 Å². The van der Waals surface area contributed by atoms with Crippen LogP contribution in [0.15, 0.2) is 48.7 Å². The summed E-state index contributed by atoms with van der Waals surface area (Å²) in [5.74, 6) is 0.205. The van der Waals surface area contributed by atoms with Gasteiger partial charge in [-0.2, -0.15) is 0 Å². The zero-order valence-electron chi connectivity index (χ0n) is 14.2. The van der Waals surface area contributed by atoms with Crippen molar-refractivity contribution in [1.82, 2.24) is 10.3 Å². The van der Waals surface area contributed by atoms with E-state index in [1.54, 1.807) is 18.3 Å². The Hall–Kier alpha value is -2.27. The number of amides is 1. The molecule has 4 nitrogen and oxygen atoms in total. The summed E-state index contributed by atoms with van der Waals surface area (Å²) < 4.78 is 13.4. The summed E-state index contributed by atoms with van der Waals surface area (Å²) >= 11 is 0. The number of nitrogens with two attached hydrogens (primary N) is 1. The minimum atomic E-state index is -0.412. The fraction of sp³-hybridized carbons (Fsp3) is 0.400. The standard InChI is InChI=1S/C20H24FN3O/c21-17-5-3-4-16(12-17)20(25)24-19(18-6-1-2-11-23-18)15-9-7-14(13-22)8-10-15/h1-6,11-12,14-15,19H,7-10,13,22H2,(H,24,25)/t14?,15?,19-/m1/s1. The molecule has 132 valence electrons. The molecule has 5 heteroatoms. The normalized spacial score (nSPS) is 21.5. The Morgan fingerprint density at radius 2 is 2.00 bits per heavy atom. The van der Waals surface area contributed by atoms with Gasteiger partial charge in [0.05, 0.1) is 11.7 Å². The Balaban J connectivity index is 1.78. The van der Waals surface area contributed by atoms with Gasteiger partial charge in [0.2, 0.25) is 0 Å². The predicted octanol–water partition coefficient (Wildman–Crippen LogP) is 3.46. The Morgan fingerprint density at radius 1 is 1.20 bits per heavy atom. The van der Waals surface area contributed by atoms with Crippen LogP contribution in [-0.4, -0.2) is 17.4 Å². The molecule has 1 aromatic heterocycles. The summed E-state index contributed by atoms with van der Waals surface area (Å²) in [6.07, 6.45) is 5.89. The highest BCUT2D eigenvalue weighted by Gasteiger charge is 2.30. The number of carbonyl (C=O) groups is 1. The monoisotopic (exact) mass is 341 g/mol.